The molecule has 142 valence electrons. The molecule has 0 radical (unpaired) electrons. The van der Waals surface area contributed by atoms with Crippen molar-refractivity contribution < 1.29 is 13.2 Å². The molecule has 1 N–H and O–H groups in total. The van der Waals surface area contributed by atoms with Gasteiger partial charge in [-0.15, -0.1) is 10.2 Å². The Hall–Kier alpha value is -2.78. The summed E-state index contributed by atoms with van der Waals surface area (Å²) in [5, 5.41) is 10.7. The molecule has 0 saturated carbocycles. The number of carbonyl (C=O) groups is 1. The summed E-state index contributed by atoms with van der Waals surface area (Å²) < 4.78 is 28.1. The Labute approximate surface area is 157 Å². The quantitative estimate of drug-likeness (QED) is 0.687. The summed E-state index contributed by atoms with van der Waals surface area (Å²) in [6.07, 6.45) is 1.80. The molecule has 0 aliphatic carbocycles. The van der Waals surface area contributed by atoms with E-state index >= 15 is 0 Å². The third kappa shape index (κ3) is 3.99. The molecular weight excluding hydrogens is 366 g/mol. The molecule has 8 nitrogen and oxygen atoms in total. The lowest BCUT2D eigenvalue weighted by Gasteiger charge is -2.17. The Bertz CT molecular complexity index is 1090. The Morgan fingerprint density at radius 1 is 1.15 bits per heavy atom. The second kappa shape index (κ2) is 7.45. The van der Waals surface area contributed by atoms with Gasteiger partial charge in [0.25, 0.3) is 0 Å². The minimum atomic E-state index is -3.74. The van der Waals surface area contributed by atoms with Gasteiger partial charge < -0.3 is 5.32 Å². The molecule has 0 fully saturated rings. The zero-order valence-corrected chi connectivity index (χ0v) is 16.2. The van der Waals surface area contributed by atoms with E-state index in [1.807, 2.05) is 32.0 Å². The van der Waals surface area contributed by atoms with Crippen molar-refractivity contribution in [2.45, 2.75) is 25.3 Å². The topological polar surface area (TPSA) is 96.7 Å². The van der Waals surface area contributed by atoms with Gasteiger partial charge in [-0.05, 0) is 49.2 Å². The molecule has 3 aromatic rings. The van der Waals surface area contributed by atoms with E-state index in [4.69, 9.17) is 0 Å². The van der Waals surface area contributed by atoms with E-state index in [1.165, 1.54) is 7.05 Å². The lowest BCUT2D eigenvalue weighted by molar-refractivity contribution is -0.121. The SMILES string of the molecule is Cc1ccc(S(=O)(=O)N(C)CC(=O)NCc2nnc3ccccn23)cc1C. The van der Waals surface area contributed by atoms with E-state index in [0.717, 1.165) is 15.4 Å². The molecule has 3 rings (SSSR count). The number of carbonyl (C=O) groups excluding carboxylic acids is 1. The van der Waals surface area contributed by atoms with Gasteiger partial charge in [0.05, 0.1) is 18.0 Å². The van der Waals surface area contributed by atoms with Crippen molar-refractivity contribution in [2.75, 3.05) is 13.6 Å². The molecule has 1 aromatic carbocycles. The molecule has 0 bridgehead atoms. The van der Waals surface area contributed by atoms with Crippen LogP contribution in [0.15, 0.2) is 47.5 Å². The molecule has 0 atom stereocenters. The molecule has 0 unspecified atom stereocenters. The first-order valence-corrected chi connectivity index (χ1v) is 9.82. The molecule has 0 aliphatic rings. The van der Waals surface area contributed by atoms with Gasteiger partial charge in [0.1, 0.15) is 0 Å². The van der Waals surface area contributed by atoms with Crippen molar-refractivity contribution in [3.8, 4) is 0 Å². The van der Waals surface area contributed by atoms with Crippen LogP contribution in [-0.4, -0.2) is 46.8 Å². The van der Waals surface area contributed by atoms with E-state index in [1.54, 1.807) is 28.8 Å². The van der Waals surface area contributed by atoms with Gasteiger partial charge in [-0.3, -0.25) is 9.20 Å². The number of fused-ring (bicyclic) bond motifs is 1. The highest BCUT2D eigenvalue weighted by Gasteiger charge is 2.23. The van der Waals surface area contributed by atoms with Crippen LogP contribution in [-0.2, 0) is 21.4 Å². The van der Waals surface area contributed by atoms with Crippen LogP contribution in [0, 0.1) is 13.8 Å². The average molecular weight is 387 g/mol. The summed E-state index contributed by atoms with van der Waals surface area (Å²) in [5.41, 5.74) is 2.57. The maximum atomic E-state index is 12.7. The Kier molecular flexibility index (Phi) is 5.24. The number of likely N-dealkylation sites (N-methyl/N-ethyl adjacent to an activating group) is 1. The lowest BCUT2D eigenvalue weighted by Crippen LogP contribution is -2.38. The van der Waals surface area contributed by atoms with Crippen LogP contribution in [0.25, 0.3) is 5.65 Å². The van der Waals surface area contributed by atoms with Gasteiger partial charge in [0.2, 0.25) is 15.9 Å². The summed E-state index contributed by atoms with van der Waals surface area (Å²) in [6.45, 7) is 3.63. The Morgan fingerprint density at radius 3 is 2.67 bits per heavy atom. The van der Waals surface area contributed by atoms with Gasteiger partial charge in [-0.25, -0.2) is 8.42 Å². The molecule has 2 aromatic heterocycles. The maximum Gasteiger partial charge on any atom is 0.243 e. The number of aromatic nitrogens is 3. The smallest absolute Gasteiger partial charge is 0.243 e. The van der Waals surface area contributed by atoms with Crippen LogP contribution in [0.5, 0.6) is 0 Å². The van der Waals surface area contributed by atoms with Crippen LogP contribution < -0.4 is 5.32 Å². The zero-order chi connectivity index (χ0) is 19.6. The van der Waals surface area contributed by atoms with E-state index in [-0.39, 0.29) is 18.0 Å². The number of amides is 1. The minimum Gasteiger partial charge on any atom is -0.348 e. The Morgan fingerprint density at radius 2 is 1.93 bits per heavy atom. The number of nitrogens with zero attached hydrogens (tertiary/aromatic N) is 4. The highest BCUT2D eigenvalue weighted by Crippen LogP contribution is 2.18. The first kappa shape index (κ1) is 19.0. The summed E-state index contributed by atoms with van der Waals surface area (Å²) in [5.74, 6) is 0.149. The molecule has 0 saturated heterocycles. The Balaban J connectivity index is 1.65. The van der Waals surface area contributed by atoms with Gasteiger partial charge >= 0.3 is 0 Å². The maximum absolute atomic E-state index is 12.7. The number of rotatable bonds is 6. The molecule has 0 spiro atoms. The molecule has 1 amide bonds. The number of hydrogen-bond acceptors (Lipinski definition) is 5. The van der Waals surface area contributed by atoms with Crippen LogP contribution in [0.3, 0.4) is 0 Å². The number of hydrogen-bond donors (Lipinski definition) is 1. The van der Waals surface area contributed by atoms with Crippen molar-refractivity contribution in [1.82, 2.24) is 24.2 Å². The molecular formula is C18H21N5O3S. The second-order valence-corrected chi connectivity index (χ2v) is 8.37. The first-order chi connectivity index (χ1) is 12.8. The van der Waals surface area contributed by atoms with Crippen molar-refractivity contribution in [1.29, 1.82) is 0 Å². The van der Waals surface area contributed by atoms with Crippen LogP contribution >= 0.6 is 0 Å². The third-order valence-electron chi connectivity index (χ3n) is 4.38. The molecule has 9 heteroatoms. The predicted molar refractivity (Wildman–Crippen MR) is 101 cm³/mol. The summed E-state index contributed by atoms with van der Waals surface area (Å²) in [4.78, 5) is 12.4. The molecule has 0 aliphatic heterocycles. The predicted octanol–water partition coefficient (Wildman–Crippen LogP) is 1.28. The standard InChI is InChI=1S/C18H21N5O3S/c1-13-7-8-15(10-14(13)2)27(25,26)22(3)12-18(24)19-11-17-21-20-16-6-4-5-9-23(16)17/h4-10H,11-12H2,1-3H3,(H,19,24). The van der Waals surface area contributed by atoms with Crippen molar-refractivity contribution in [2.24, 2.45) is 0 Å². The van der Waals surface area contributed by atoms with Gasteiger partial charge in [0.15, 0.2) is 11.5 Å². The second-order valence-electron chi connectivity index (χ2n) is 6.33. The number of benzene rings is 1. The number of sulfonamides is 1. The lowest BCUT2D eigenvalue weighted by atomic mass is 10.1. The van der Waals surface area contributed by atoms with Crippen LogP contribution in [0.1, 0.15) is 17.0 Å². The molecule has 27 heavy (non-hydrogen) atoms. The fourth-order valence-corrected chi connectivity index (χ4v) is 3.80. The highest BCUT2D eigenvalue weighted by atomic mass is 32.2. The van der Waals surface area contributed by atoms with Crippen molar-refractivity contribution in [3.05, 3.63) is 59.5 Å². The monoisotopic (exact) mass is 387 g/mol. The minimum absolute atomic E-state index is 0.154. The van der Waals surface area contributed by atoms with E-state index in [0.29, 0.717) is 11.5 Å². The number of nitrogens with one attached hydrogen (secondary N) is 1. The van der Waals surface area contributed by atoms with Crippen molar-refractivity contribution >= 4 is 21.6 Å². The number of aryl methyl sites for hydroxylation is 2. The van der Waals surface area contributed by atoms with Crippen LogP contribution in [0.2, 0.25) is 0 Å². The van der Waals surface area contributed by atoms with Gasteiger partial charge in [0, 0.05) is 13.2 Å². The summed E-state index contributed by atoms with van der Waals surface area (Å²) in [6, 6.07) is 10.4. The van der Waals surface area contributed by atoms with E-state index in [2.05, 4.69) is 15.5 Å². The normalized spacial score (nSPS) is 11.9. The summed E-state index contributed by atoms with van der Waals surface area (Å²) >= 11 is 0. The fourth-order valence-electron chi connectivity index (χ4n) is 2.59. The third-order valence-corrected chi connectivity index (χ3v) is 6.18. The van der Waals surface area contributed by atoms with Gasteiger partial charge in [-0.2, -0.15) is 4.31 Å². The summed E-state index contributed by atoms with van der Waals surface area (Å²) in [7, 11) is -2.36. The zero-order valence-electron chi connectivity index (χ0n) is 15.4. The van der Waals surface area contributed by atoms with Crippen LogP contribution in [0.4, 0.5) is 0 Å². The number of pyridine rings is 1. The van der Waals surface area contributed by atoms with Crippen molar-refractivity contribution in [3.63, 3.8) is 0 Å². The van der Waals surface area contributed by atoms with E-state index in [9.17, 15) is 13.2 Å². The molecule has 2 heterocycles. The highest BCUT2D eigenvalue weighted by molar-refractivity contribution is 7.89. The first-order valence-electron chi connectivity index (χ1n) is 8.38. The largest absolute Gasteiger partial charge is 0.348 e. The average Bonchev–Trinajstić information content (AvgIpc) is 3.05. The van der Waals surface area contributed by atoms with Gasteiger partial charge in [-0.1, -0.05) is 12.1 Å². The fraction of sp³-hybridized carbons (Fsp3) is 0.278. The van der Waals surface area contributed by atoms with E-state index < -0.39 is 15.9 Å².